The first kappa shape index (κ1) is 50.6. The van der Waals surface area contributed by atoms with Crippen LogP contribution in [0.1, 0.15) is 68.2 Å². The van der Waals surface area contributed by atoms with Gasteiger partial charge in [-0.05, 0) is 123 Å². The lowest BCUT2D eigenvalue weighted by Crippen LogP contribution is -2.19. The van der Waals surface area contributed by atoms with E-state index in [0.717, 1.165) is 56.5 Å². The summed E-state index contributed by atoms with van der Waals surface area (Å²) in [6, 6.07) is 31.7. The monoisotopic (exact) mass is 954 g/mol. The van der Waals surface area contributed by atoms with Crippen LogP contribution in [0, 0.1) is 27.7 Å². The van der Waals surface area contributed by atoms with Gasteiger partial charge in [0.25, 0.3) is 0 Å². The summed E-state index contributed by atoms with van der Waals surface area (Å²) in [5.74, 6) is 1.26. The molecule has 4 heterocycles. The lowest BCUT2D eigenvalue weighted by molar-refractivity contribution is 0.0507. The van der Waals surface area contributed by atoms with Crippen LogP contribution in [-0.2, 0) is 22.6 Å². The highest BCUT2D eigenvalue weighted by Crippen LogP contribution is 2.29. The minimum absolute atomic E-state index is 0.239. The van der Waals surface area contributed by atoms with E-state index in [4.69, 9.17) is 36.3 Å². The van der Waals surface area contributed by atoms with Gasteiger partial charge in [-0.15, -0.1) is 5.10 Å². The second-order valence-electron chi connectivity index (χ2n) is 16.3. The normalized spacial score (nSPS) is 10.7. The number of halogens is 1. The Balaban J connectivity index is 0.000000196. The van der Waals surface area contributed by atoms with Crippen LogP contribution in [0.25, 0.3) is 11.3 Å². The van der Waals surface area contributed by atoms with Crippen LogP contribution in [0.3, 0.4) is 0 Å². The van der Waals surface area contributed by atoms with Crippen molar-refractivity contribution in [2.45, 2.75) is 54.6 Å². The van der Waals surface area contributed by atoms with Crippen molar-refractivity contribution >= 4 is 63.4 Å². The largest absolute Gasteiger partial charge is 0.497 e. The molecule has 0 atom stereocenters. The fourth-order valence-electron chi connectivity index (χ4n) is 7.57. The number of ether oxygens (including phenoxy) is 4. The summed E-state index contributed by atoms with van der Waals surface area (Å²) in [5, 5.41) is 12.5. The third kappa shape index (κ3) is 13.2. The first-order valence-corrected chi connectivity index (χ1v) is 22.6. The van der Waals surface area contributed by atoms with Gasteiger partial charge in [0, 0.05) is 50.7 Å². The van der Waals surface area contributed by atoms with Gasteiger partial charge in [-0.1, -0.05) is 48.0 Å². The van der Waals surface area contributed by atoms with Gasteiger partial charge in [-0.2, -0.15) is 5.10 Å². The van der Waals surface area contributed by atoms with E-state index in [-0.39, 0.29) is 29.8 Å². The van der Waals surface area contributed by atoms with Crippen LogP contribution in [0.2, 0.25) is 5.15 Å². The number of fused-ring (bicyclic) bond motifs is 2. The number of rotatable bonds is 14. The van der Waals surface area contributed by atoms with Crippen molar-refractivity contribution in [1.29, 1.82) is 0 Å². The van der Waals surface area contributed by atoms with E-state index >= 15 is 0 Å². The number of esters is 2. The molecule has 0 fully saturated rings. The van der Waals surface area contributed by atoms with Crippen molar-refractivity contribution in [2.24, 2.45) is 0 Å². The van der Waals surface area contributed by atoms with Gasteiger partial charge in [0.05, 0.1) is 51.2 Å². The number of carbonyl (C=O) groups excluding carboxylic acids is 2. The zero-order valence-electron chi connectivity index (χ0n) is 40.7. The number of imidazole rings is 2. The van der Waals surface area contributed by atoms with Crippen molar-refractivity contribution in [3.05, 3.63) is 159 Å². The maximum absolute atomic E-state index is 12.5. The summed E-state index contributed by atoms with van der Waals surface area (Å²) in [7, 11) is 7.20. The Kier molecular flexibility index (Phi) is 17.0. The lowest BCUT2D eigenvalue weighted by Gasteiger charge is -2.21. The topological polar surface area (TPSA) is 176 Å². The molecular formula is C52H59ClN10O6. The van der Waals surface area contributed by atoms with Crippen LogP contribution in [0.15, 0.2) is 109 Å². The van der Waals surface area contributed by atoms with Crippen LogP contribution < -0.4 is 30.3 Å². The van der Waals surface area contributed by atoms with E-state index in [2.05, 4.69) is 68.5 Å². The number of carbonyl (C=O) groups is 2. The number of nitrogens with two attached hydrogens (primary N) is 1. The van der Waals surface area contributed by atoms with Gasteiger partial charge in [0.15, 0.2) is 33.7 Å². The molecule has 0 radical (unpaired) electrons. The average Bonchev–Trinajstić information content (AvgIpc) is 3.94. The molecule has 4 aromatic carbocycles. The molecule has 0 aliphatic carbocycles. The fourth-order valence-corrected chi connectivity index (χ4v) is 7.75. The van der Waals surface area contributed by atoms with Crippen molar-refractivity contribution in [2.75, 3.05) is 62.4 Å². The summed E-state index contributed by atoms with van der Waals surface area (Å²) in [6.07, 6.45) is 2.95. The van der Waals surface area contributed by atoms with Gasteiger partial charge in [-0.25, -0.2) is 28.6 Å². The number of nitrogens with zero attached hydrogens (tertiary/aromatic N) is 8. The Morgan fingerprint density at radius 3 is 1.46 bits per heavy atom. The first-order chi connectivity index (χ1) is 33.1. The minimum atomic E-state index is -0.487. The van der Waals surface area contributed by atoms with Crippen LogP contribution in [0.4, 0.5) is 28.6 Å². The molecule has 0 bridgehead atoms. The molecule has 0 aliphatic rings. The second kappa shape index (κ2) is 23.2. The molecule has 360 valence electrons. The molecule has 0 unspecified atom stereocenters. The molecule has 0 saturated heterocycles. The van der Waals surface area contributed by atoms with E-state index in [1.165, 1.54) is 28.0 Å². The quantitative estimate of drug-likeness (QED) is 0.0778. The van der Waals surface area contributed by atoms with Crippen molar-refractivity contribution < 1.29 is 28.5 Å². The lowest BCUT2D eigenvalue weighted by atomic mass is 10.1. The molecular weight excluding hydrogens is 896 g/mol. The molecule has 8 aromatic rings. The molecule has 69 heavy (non-hydrogen) atoms. The number of aromatic nitrogens is 6. The van der Waals surface area contributed by atoms with Crippen LogP contribution >= 0.6 is 11.6 Å². The molecule has 0 aliphatic heterocycles. The predicted octanol–water partition coefficient (Wildman–Crippen LogP) is 10.0. The summed E-state index contributed by atoms with van der Waals surface area (Å²) in [4.78, 5) is 37.5. The molecule has 0 amide bonds. The molecule has 3 N–H and O–H groups in total. The maximum atomic E-state index is 12.5. The summed E-state index contributed by atoms with van der Waals surface area (Å²) < 4.78 is 23.7. The van der Waals surface area contributed by atoms with Crippen LogP contribution in [-0.4, -0.2) is 82.7 Å². The highest BCUT2D eigenvalue weighted by Gasteiger charge is 2.21. The van der Waals surface area contributed by atoms with E-state index in [1.54, 1.807) is 38.6 Å². The smallest absolute Gasteiger partial charge is 0.358 e. The number of nitrogen functional groups attached to an aromatic ring is 1. The maximum Gasteiger partial charge on any atom is 0.358 e. The summed E-state index contributed by atoms with van der Waals surface area (Å²) in [5.41, 5.74) is 17.5. The number of aryl methyl sites for hydroxylation is 4. The Morgan fingerprint density at radius 1 is 0.623 bits per heavy atom. The number of methoxy groups -OCH3 is 2. The van der Waals surface area contributed by atoms with Crippen molar-refractivity contribution in [3.63, 3.8) is 0 Å². The Bertz CT molecular complexity index is 2960. The Labute approximate surface area is 407 Å². The van der Waals surface area contributed by atoms with Gasteiger partial charge < -0.3 is 39.8 Å². The number of hydrogen-bond donors (Lipinski definition) is 2. The molecule has 17 heteroatoms. The van der Waals surface area contributed by atoms with E-state index in [0.29, 0.717) is 30.2 Å². The predicted molar refractivity (Wildman–Crippen MR) is 273 cm³/mol. The average molecular weight is 956 g/mol. The van der Waals surface area contributed by atoms with Crippen molar-refractivity contribution in [3.8, 4) is 11.5 Å². The Morgan fingerprint density at radius 2 is 1.04 bits per heavy atom. The van der Waals surface area contributed by atoms with E-state index in [1.807, 2.05) is 99.6 Å². The van der Waals surface area contributed by atoms with Crippen LogP contribution in [0.5, 0.6) is 11.5 Å². The third-order valence-corrected chi connectivity index (χ3v) is 10.7. The minimum Gasteiger partial charge on any atom is -0.497 e. The van der Waals surface area contributed by atoms with Gasteiger partial charge in [0.2, 0.25) is 0 Å². The molecule has 4 aromatic heterocycles. The molecule has 8 rings (SSSR count). The number of hydrogen-bond acceptors (Lipinski definition) is 14. The third-order valence-electron chi connectivity index (χ3n) is 10.6. The second-order valence-corrected chi connectivity index (χ2v) is 16.7. The standard InChI is InChI=1S/C26H29N5O3.C18H19ClN4O3.C8H11N/c1-6-34-26(32)23-15-27-25-22(30(4)16-19-7-9-21(33-5)10-8-19)14-24(29-31(23)25)28-20-12-17(2)11-18(3)13-20;1-4-26-18(24)15-10-20-17-14(9-16(19)21-23(15)17)22(2)11-12-5-7-13(25-3)8-6-12;1-6-3-7(2)5-8(9)4-6/h7-15H,6,16H2,1-5H3,(H,28,29);5-10H,4,11H2,1-3H3;3-5H,9H2,1-2H3. The number of nitrogens with one attached hydrogen (secondary N) is 1. The zero-order chi connectivity index (χ0) is 49.8. The first-order valence-electron chi connectivity index (χ1n) is 22.2. The SMILES string of the molecule is CCOC(=O)c1cnc2c(N(C)Cc3ccc(OC)cc3)cc(Cl)nn12.CCOC(=O)c1cnc2c(N(C)Cc3ccc(OC)cc3)cc(Nc3cc(C)cc(C)c3)nn12.Cc1cc(C)cc(N)c1. The highest BCUT2D eigenvalue weighted by molar-refractivity contribution is 6.29. The van der Waals surface area contributed by atoms with Gasteiger partial charge in [0.1, 0.15) is 11.5 Å². The molecule has 0 saturated carbocycles. The highest BCUT2D eigenvalue weighted by atomic mass is 35.5. The summed E-state index contributed by atoms with van der Waals surface area (Å²) in [6.45, 7) is 13.5. The zero-order valence-corrected chi connectivity index (χ0v) is 41.5. The van der Waals surface area contributed by atoms with E-state index < -0.39 is 11.9 Å². The van der Waals surface area contributed by atoms with Crippen molar-refractivity contribution in [1.82, 2.24) is 29.2 Å². The van der Waals surface area contributed by atoms with Gasteiger partial charge in [-0.3, -0.25) is 0 Å². The molecule has 0 spiro atoms. The summed E-state index contributed by atoms with van der Waals surface area (Å²) >= 11 is 6.17. The fraction of sp³-hybridized carbons (Fsp3) is 0.269. The van der Waals surface area contributed by atoms with Gasteiger partial charge >= 0.3 is 11.9 Å². The number of benzene rings is 4. The molecule has 16 nitrogen and oxygen atoms in total. The number of anilines is 5. The Hall–Kier alpha value is -7.85. The van der Waals surface area contributed by atoms with E-state index in [9.17, 15) is 9.59 Å².